The van der Waals surface area contributed by atoms with E-state index < -0.39 is 0 Å². The molecule has 0 unspecified atom stereocenters. The average molecular weight is 443 g/mol. The molecule has 2 aromatic heterocycles. The van der Waals surface area contributed by atoms with Gasteiger partial charge >= 0.3 is 0 Å². The molecule has 146 valence electrons. The summed E-state index contributed by atoms with van der Waals surface area (Å²) in [6, 6.07) is 9.63. The molecular weight excluding hydrogens is 420 g/mol. The molecule has 0 bridgehead atoms. The summed E-state index contributed by atoms with van der Waals surface area (Å²) in [6.45, 7) is 4.07. The molecule has 0 spiro atoms. The van der Waals surface area contributed by atoms with Crippen LogP contribution in [-0.4, -0.2) is 51.9 Å². The van der Waals surface area contributed by atoms with Gasteiger partial charge in [-0.25, -0.2) is 9.97 Å². The number of rotatable bonds is 7. The van der Waals surface area contributed by atoms with Crippen LogP contribution in [0, 0.1) is 0 Å². The number of H-pyrrole nitrogens is 1. The molecule has 7 nitrogen and oxygen atoms in total. The Kier molecular flexibility index (Phi) is 5.87. The summed E-state index contributed by atoms with van der Waals surface area (Å²) in [5.74, 6) is 0.542. The Bertz CT molecular complexity index is 966. The Balaban J connectivity index is 1.41. The van der Waals surface area contributed by atoms with Crippen molar-refractivity contribution in [3.05, 3.63) is 46.8 Å². The van der Waals surface area contributed by atoms with Crippen LogP contribution in [-0.2, 0) is 0 Å². The van der Waals surface area contributed by atoms with E-state index in [1.807, 2.05) is 24.3 Å². The molecule has 3 heterocycles. The number of carbonyl (C=O) groups excluding carboxylic acids is 1. The molecule has 28 heavy (non-hydrogen) atoms. The summed E-state index contributed by atoms with van der Waals surface area (Å²) < 4.78 is 0.978. The molecule has 8 heteroatoms. The van der Waals surface area contributed by atoms with Crippen LogP contribution in [0.4, 0.5) is 11.5 Å². The van der Waals surface area contributed by atoms with Crippen molar-refractivity contribution in [2.75, 3.05) is 31.5 Å². The minimum absolute atomic E-state index is 0.118. The van der Waals surface area contributed by atoms with Crippen LogP contribution >= 0.6 is 15.9 Å². The number of hydrogen-bond acceptors (Lipinski definition) is 5. The van der Waals surface area contributed by atoms with Crippen LogP contribution in [0.15, 0.2) is 41.1 Å². The molecule has 4 rings (SSSR count). The van der Waals surface area contributed by atoms with Gasteiger partial charge in [-0.3, -0.25) is 4.79 Å². The number of likely N-dealkylation sites (tertiary alicyclic amines) is 1. The molecule has 1 saturated heterocycles. The molecule has 0 saturated carbocycles. The standard InChI is InChI=1S/C20H23BrN6O/c21-14-5-3-6-15(11-14)25-18-16-12-17(26-19(16)24-13-23-18)20(28)22-7-4-10-27-8-1-2-9-27/h3,5-6,11-13H,1-2,4,7-10H2,(H,22,28)(H2,23,24,25,26). The van der Waals surface area contributed by atoms with Gasteiger partial charge in [-0.05, 0) is 63.2 Å². The summed E-state index contributed by atoms with van der Waals surface area (Å²) >= 11 is 3.46. The average Bonchev–Trinajstić information content (AvgIpc) is 3.35. The van der Waals surface area contributed by atoms with E-state index in [-0.39, 0.29) is 5.91 Å². The van der Waals surface area contributed by atoms with Crippen LogP contribution in [0.25, 0.3) is 11.0 Å². The molecular formula is C20H23BrN6O. The van der Waals surface area contributed by atoms with E-state index in [2.05, 4.69) is 46.4 Å². The highest BCUT2D eigenvalue weighted by Crippen LogP contribution is 2.25. The number of amides is 1. The maximum atomic E-state index is 12.5. The minimum atomic E-state index is -0.118. The van der Waals surface area contributed by atoms with Gasteiger partial charge in [0.15, 0.2) is 0 Å². The SMILES string of the molecule is O=C(NCCCN1CCCC1)c1cc2c(Nc3cccc(Br)c3)ncnc2[nH]1. The number of aromatic nitrogens is 3. The zero-order valence-electron chi connectivity index (χ0n) is 15.5. The third-order valence-electron chi connectivity index (χ3n) is 4.89. The number of hydrogen-bond donors (Lipinski definition) is 3. The summed E-state index contributed by atoms with van der Waals surface area (Å²) in [5.41, 5.74) is 2.03. The third-order valence-corrected chi connectivity index (χ3v) is 5.39. The zero-order chi connectivity index (χ0) is 19.3. The van der Waals surface area contributed by atoms with Crippen LogP contribution in [0.3, 0.4) is 0 Å². The van der Waals surface area contributed by atoms with Gasteiger partial charge in [0.05, 0.1) is 5.39 Å². The second kappa shape index (κ2) is 8.70. The highest BCUT2D eigenvalue weighted by molar-refractivity contribution is 9.10. The topological polar surface area (TPSA) is 85.9 Å². The molecule has 3 aromatic rings. The van der Waals surface area contributed by atoms with Gasteiger partial charge in [0.25, 0.3) is 5.91 Å². The Morgan fingerprint density at radius 1 is 1.21 bits per heavy atom. The molecule has 1 fully saturated rings. The zero-order valence-corrected chi connectivity index (χ0v) is 17.1. The van der Waals surface area contributed by atoms with Crippen LogP contribution in [0.1, 0.15) is 29.8 Å². The normalized spacial score (nSPS) is 14.5. The molecule has 1 aliphatic rings. The lowest BCUT2D eigenvalue weighted by Gasteiger charge is -2.14. The predicted molar refractivity (Wildman–Crippen MR) is 114 cm³/mol. The van der Waals surface area contributed by atoms with E-state index in [9.17, 15) is 4.79 Å². The van der Waals surface area contributed by atoms with Crippen molar-refractivity contribution < 1.29 is 4.79 Å². The van der Waals surface area contributed by atoms with Gasteiger partial charge in [-0.2, -0.15) is 0 Å². The number of nitrogens with one attached hydrogen (secondary N) is 3. The predicted octanol–water partition coefficient (Wildman–Crippen LogP) is 3.68. The number of halogens is 1. The highest BCUT2D eigenvalue weighted by Gasteiger charge is 2.14. The highest BCUT2D eigenvalue weighted by atomic mass is 79.9. The number of nitrogens with zero attached hydrogens (tertiary/aromatic N) is 3. The van der Waals surface area contributed by atoms with Crippen LogP contribution in [0.2, 0.25) is 0 Å². The maximum Gasteiger partial charge on any atom is 0.267 e. The van der Waals surface area contributed by atoms with Crippen molar-refractivity contribution in [2.24, 2.45) is 0 Å². The molecule has 3 N–H and O–H groups in total. The van der Waals surface area contributed by atoms with Gasteiger partial charge < -0.3 is 20.5 Å². The van der Waals surface area contributed by atoms with Crippen LogP contribution in [0.5, 0.6) is 0 Å². The molecule has 1 aromatic carbocycles. The van der Waals surface area contributed by atoms with E-state index in [0.29, 0.717) is 23.7 Å². The largest absolute Gasteiger partial charge is 0.351 e. The second-order valence-electron chi connectivity index (χ2n) is 6.96. The number of anilines is 2. The monoisotopic (exact) mass is 442 g/mol. The van der Waals surface area contributed by atoms with Crippen molar-refractivity contribution >= 4 is 44.4 Å². The van der Waals surface area contributed by atoms with Gasteiger partial charge in [0, 0.05) is 16.7 Å². The summed E-state index contributed by atoms with van der Waals surface area (Å²) in [7, 11) is 0. The summed E-state index contributed by atoms with van der Waals surface area (Å²) in [4.78, 5) is 26.6. The Labute approximate surface area is 172 Å². The van der Waals surface area contributed by atoms with E-state index in [0.717, 1.165) is 28.5 Å². The fourth-order valence-electron chi connectivity index (χ4n) is 3.47. The lowest BCUT2D eigenvalue weighted by atomic mass is 10.3. The van der Waals surface area contributed by atoms with Crippen molar-refractivity contribution in [1.29, 1.82) is 0 Å². The maximum absolute atomic E-state index is 12.5. The Morgan fingerprint density at radius 2 is 2.07 bits per heavy atom. The summed E-state index contributed by atoms with van der Waals surface area (Å²) in [6.07, 6.45) is 5.02. The smallest absolute Gasteiger partial charge is 0.267 e. The fraction of sp³-hybridized carbons (Fsp3) is 0.350. The quantitative estimate of drug-likeness (QED) is 0.485. The van der Waals surface area contributed by atoms with Gasteiger partial charge in [0.2, 0.25) is 0 Å². The van der Waals surface area contributed by atoms with Crippen molar-refractivity contribution in [2.45, 2.75) is 19.3 Å². The van der Waals surface area contributed by atoms with Crippen LogP contribution < -0.4 is 10.6 Å². The minimum Gasteiger partial charge on any atom is -0.351 e. The second-order valence-corrected chi connectivity index (χ2v) is 7.88. The van der Waals surface area contributed by atoms with Gasteiger partial charge in [-0.1, -0.05) is 22.0 Å². The first-order chi connectivity index (χ1) is 13.7. The van der Waals surface area contributed by atoms with Crippen molar-refractivity contribution in [3.63, 3.8) is 0 Å². The lowest BCUT2D eigenvalue weighted by molar-refractivity contribution is 0.0948. The van der Waals surface area contributed by atoms with Gasteiger partial charge in [0.1, 0.15) is 23.5 Å². The molecule has 1 amide bonds. The molecule has 0 atom stereocenters. The van der Waals surface area contributed by atoms with Gasteiger partial charge in [-0.15, -0.1) is 0 Å². The number of fused-ring (bicyclic) bond motifs is 1. The Morgan fingerprint density at radius 3 is 2.89 bits per heavy atom. The van der Waals surface area contributed by atoms with Crippen molar-refractivity contribution in [3.8, 4) is 0 Å². The van der Waals surface area contributed by atoms with E-state index in [1.54, 1.807) is 6.07 Å². The van der Waals surface area contributed by atoms with Crippen molar-refractivity contribution in [1.82, 2.24) is 25.2 Å². The first kappa shape index (κ1) is 18.9. The van der Waals surface area contributed by atoms with E-state index >= 15 is 0 Å². The molecule has 0 radical (unpaired) electrons. The number of carbonyl (C=O) groups is 1. The first-order valence-electron chi connectivity index (χ1n) is 9.56. The lowest BCUT2D eigenvalue weighted by Crippen LogP contribution is -2.28. The molecule has 0 aliphatic carbocycles. The fourth-order valence-corrected chi connectivity index (χ4v) is 3.87. The van der Waals surface area contributed by atoms with E-state index in [4.69, 9.17) is 0 Å². The third kappa shape index (κ3) is 4.51. The first-order valence-corrected chi connectivity index (χ1v) is 10.4. The number of aromatic amines is 1. The Hall–Kier alpha value is -2.45. The summed E-state index contributed by atoms with van der Waals surface area (Å²) in [5, 5.41) is 7.06. The van der Waals surface area contributed by atoms with E-state index in [1.165, 1.54) is 32.3 Å². The molecule has 1 aliphatic heterocycles. The number of benzene rings is 1.